The molecule has 1 aliphatic rings. The van der Waals surface area contributed by atoms with E-state index in [0.717, 1.165) is 10.6 Å². The number of aliphatic hydroxyl groups is 1. The highest BCUT2D eigenvalue weighted by Gasteiger charge is 2.48. The number of hydrogen-bond acceptors (Lipinski definition) is 7. The van der Waals surface area contributed by atoms with Crippen molar-refractivity contribution in [2.24, 2.45) is 0 Å². The number of nitrogens with one attached hydrogen (secondary N) is 1. The largest absolute Gasteiger partial charge is 0.483 e. The van der Waals surface area contributed by atoms with Gasteiger partial charge < -0.3 is 20.1 Å². The highest BCUT2D eigenvalue weighted by atomic mass is 19.3. The third-order valence-corrected chi connectivity index (χ3v) is 5.55. The number of hydrogen-bond donors (Lipinski definition) is 2. The molecule has 4 rings (SSSR count). The van der Waals surface area contributed by atoms with Crippen LogP contribution in [0.15, 0.2) is 60.8 Å². The number of anilines is 2. The molecule has 1 amide bonds. The molecule has 8 nitrogen and oxygen atoms in total. The van der Waals surface area contributed by atoms with E-state index < -0.39 is 30.6 Å². The monoisotopic (exact) mass is 479 g/mol. The first-order valence-corrected chi connectivity index (χ1v) is 11.0. The molecule has 1 fully saturated rings. The average molecular weight is 479 g/mol. The first kappa shape index (κ1) is 24.0. The Hall–Kier alpha value is -4.10. The van der Waals surface area contributed by atoms with E-state index in [-0.39, 0.29) is 24.3 Å². The van der Waals surface area contributed by atoms with Crippen molar-refractivity contribution >= 4 is 17.5 Å². The summed E-state index contributed by atoms with van der Waals surface area (Å²) in [4.78, 5) is 21.5. The number of carbonyl (C=O) groups is 1. The van der Waals surface area contributed by atoms with Gasteiger partial charge in [-0.1, -0.05) is 18.2 Å². The number of ether oxygens (including phenoxy) is 1. The van der Waals surface area contributed by atoms with Gasteiger partial charge in [-0.05, 0) is 43.3 Å². The van der Waals surface area contributed by atoms with Crippen LogP contribution >= 0.6 is 0 Å². The molecule has 35 heavy (non-hydrogen) atoms. The van der Waals surface area contributed by atoms with Gasteiger partial charge in [-0.25, -0.2) is 18.7 Å². The minimum atomic E-state index is -3.35. The van der Waals surface area contributed by atoms with E-state index in [2.05, 4.69) is 15.3 Å². The molecule has 180 valence electrons. The molecule has 2 heterocycles. The average Bonchev–Trinajstić information content (AvgIpc) is 2.85. The molecule has 1 aromatic heterocycles. The molecule has 0 aliphatic carbocycles. The Morgan fingerprint density at radius 2 is 2.06 bits per heavy atom. The van der Waals surface area contributed by atoms with Crippen LogP contribution in [0, 0.1) is 11.3 Å². The molecule has 2 atom stereocenters. The number of rotatable bonds is 6. The number of amides is 1. The second-order valence-corrected chi connectivity index (χ2v) is 8.17. The maximum Gasteiger partial charge on any atom is 0.301 e. The number of benzene rings is 2. The van der Waals surface area contributed by atoms with Gasteiger partial charge in [-0.2, -0.15) is 5.26 Å². The lowest BCUT2D eigenvalue weighted by Crippen LogP contribution is -2.56. The number of carbonyl (C=O) groups excluding carboxylic acids is 1. The van der Waals surface area contributed by atoms with Crippen LogP contribution in [-0.2, 0) is 4.79 Å². The number of aliphatic hydroxyl groups excluding tert-OH is 1. The molecule has 10 heteroatoms. The van der Waals surface area contributed by atoms with Crippen LogP contribution in [0.25, 0.3) is 11.3 Å². The summed E-state index contributed by atoms with van der Waals surface area (Å²) in [6, 6.07) is 17.7. The summed E-state index contributed by atoms with van der Waals surface area (Å²) in [7, 11) is 0. The van der Waals surface area contributed by atoms with Crippen molar-refractivity contribution in [3.63, 3.8) is 0 Å². The van der Waals surface area contributed by atoms with E-state index in [1.54, 1.807) is 18.3 Å². The Kier molecular flexibility index (Phi) is 6.89. The van der Waals surface area contributed by atoms with Gasteiger partial charge in [0.05, 0.1) is 17.8 Å². The summed E-state index contributed by atoms with van der Waals surface area (Å²) in [6.45, 7) is 0.393. The molecule has 0 bridgehead atoms. The van der Waals surface area contributed by atoms with E-state index in [9.17, 15) is 23.9 Å². The number of alkyl halides is 2. The Balaban J connectivity index is 1.51. The van der Waals surface area contributed by atoms with Crippen LogP contribution < -0.4 is 10.1 Å². The molecular weight excluding hydrogens is 456 g/mol. The molecular formula is C25H23F2N5O3. The molecule has 0 saturated carbocycles. The highest BCUT2D eigenvalue weighted by molar-refractivity contribution is 5.80. The van der Waals surface area contributed by atoms with Crippen molar-refractivity contribution in [3.05, 3.63) is 66.4 Å². The Morgan fingerprint density at radius 1 is 1.29 bits per heavy atom. The molecule has 1 saturated heterocycles. The van der Waals surface area contributed by atoms with Gasteiger partial charge in [0.15, 0.2) is 6.10 Å². The normalized spacial score (nSPS) is 17.8. The zero-order chi connectivity index (χ0) is 25.0. The van der Waals surface area contributed by atoms with Crippen LogP contribution in [0.3, 0.4) is 0 Å². The summed E-state index contributed by atoms with van der Waals surface area (Å²) >= 11 is 0. The fourth-order valence-electron chi connectivity index (χ4n) is 3.78. The smallest absolute Gasteiger partial charge is 0.301 e. The summed E-state index contributed by atoms with van der Waals surface area (Å²) in [5.74, 6) is -3.71. The third kappa shape index (κ3) is 5.53. The van der Waals surface area contributed by atoms with Crippen molar-refractivity contribution in [1.82, 2.24) is 14.9 Å². The molecule has 1 aliphatic heterocycles. The minimum absolute atomic E-state index is 0.0160. The number of nitriles is 1. The highest BCUT2D eigenvalue weighted by Crippen LogP contribution is 2.34. The molecule has 0 spiro atoms. The van der Waals surface area contributed by atoms with Gasteiger partial charge in [0.25, 0.3) is 5.91 Å². The summed E-state index contributed by atoms with van der Waals surface area (Å²) in [6.07, 6.45) is -1.43. The summed E-state index contributed by atoms with van der Waals surface area (Å²) < 4.78 is 35.0. The predicted octanol–water partition coefficient (Wildman–Crippen LogP) is 3.75. The molecule has 3 aromatic rings. The van der Waals surface area contributed by atoms with Crippen LogP contribution in [0.2, 0.25) is 0 Å². The van der Waals surface area contributed by atoms with Gasteiger partial charge in [0.2, 0.25) is 5.95 Å². The van der Waals surface area contributed by atoms with Gasteiger partial charge in [-0.3, -0.25) is 4.79 Å². The van der Waals surface area contributed by atoms with E-state index in [1.807, 2.05) is 36.4 Å². The summed E-state index contributed by atoms with van der Waals surface area (Å²) in [5, 5.41) is 22.1. The molecule has 2 N–H and O–H groups in total. The topological polar surface area (TPSA) is 111 Å². The first-order valence-electron chi connectivity index (χ1n) is 11.0. The van der Waals surface area contributed by atoms with Gasteiger partial charge in [0.1, 0.15) is 17.9 Å². The van der Waals surface area contributed by atoms with E-state index >= 15 is 0 Å². The lowest BCUT2D eigenvalue weighted by Gasteiger charge is -2.38. The summed E-state index contributed by atoms with van der Waals surface area (Å²) in [5.41, 5.74) is 2.03. The zero-order valence-electron chi connectivity index (χ0n) is 18.9. The first-order chi connectivity index (χ1) is 16.8. The van der Waals surface area contributed by atoms with Gasteiger partial charge in [-0.15, -0.1) is 0 Å². The van der Waals surface area contributed by atoms with E-state index in [1.165, 1.54) is 19.1 Å². The molecule has 0 radical (unpaired) electrons. The standard InChI is InChI=1S/C25H23F2N5O3/c1-16(33)23(34)32-12-10-22(25(26,27)15-32)35-21-8-7-17(13-18(21)14-28)20-9-11-29-24(31-20)30-19-5-3-2-4-6-19/h2-9,11,13,16,22,33H,10,12,15H2,1H3,(H,29,30,31). The van der Waals surface area contributed by atoms with Crippen LogP contribution in [0.5, 0.6) is 5.75 Å². The van der Waals surface area contributed by atoms with Gasteiger partial charge >= 0.3 is 5.92 Å². The second-order valence-electron chi connectivity index (χ2n) is 8.17. The molecule has 2 unspecified atom stereocenters. The number of aromatic nitrogens is 2. The SMILES string of the molecule is CC(O)C(=O)N1CCC(Oc2ccc(-c3ccnc(Nc4ccccc4)n3)cc2C#N)C(F)(F)C1. The maximum absolute atomic E-state index is 14.7. The Morgan fingerprint density at radius 3 is 2.74 bits per heavy atom. The number of halogens is 2. The maximum atomic E-state index is 14.7. The van der Waals surface area contributed by atoms with Gasteiger partial charge in [0, 0.05) is 30.4 Å². The Bertz CT molecular complexity index is 1250. The minimum Gasteiger partial charge on any atom is -0.483 e. The van der Waals surface area contributed by atoms with Crippen LogP contribution in [0.1, 0.15) is 18.9 Å². The number of para-hydroxylation sites is 1. The van der Waals surface area contributed by atoms with Crippen molar-refractivity contribution in [3.8, 4) is 23.1 Å². The zero-order valence-corrected chi connectivity index (χ0v) is 18.9. The molecule has 2 aromatic carbocycles. The van der Waals surface area contributed by atoms with E-state index in [0.29, 0.717) is 17.2 Å². The van der Waals surface area contributed by atoms with Crippen molar-refractivity contribution in [1.29, 1.82) is 5.26 Å². The fraction of sp³-hybridized carbons (Fsp3) is 0.280. The lowest BCUT2D eigenvalue weighted by molar-refractivity contribution is -0.165. The predicted molar refractivity (Wildman–Crippen MR) is 124 cm³/mol. The second kappa shape index (κ2) is 10.0. The number of nitrogens with zero attached hydrogens (tertiary/aromatic N) is 4. The van der Waals surface area contributed by atoms with Crippen molar-refractivity contribution < 1.29 is 23.4 Å². The van der Waals surface area contributed by atoms with Crippen molar-refractivity contribution in [2.45, 2.75) is 31.5 Å². The quantitative estimate of drug-likeness (QED) is 0.554. The van der Waals surface area contributed by atoms with Crippen LogP contribution in [-0.4, -0.2) is 57.1 Å². The number of piperidine rings is 1. The van der Waals surface area contributed by atoms with Crippen LogP contribution in [0.4, 0.5) is 20.4 Å². The van der Waals surface area contributed by atoms with E-state index in [4.69, 9.17) is 4.74 Å². The number of likely N-dealkylation sites (tertiary alicyclic amines) is 1. The fourth-order valence-corrected chi connectivity index (χ4v) is 3.78. The van der Waals surface area contributed by atoms with Crippen molar-refractivity contribution in [2.75, 3.05) is 18.4 Å². The Labute approximate surface area is 200 Å². The lowest BCUT2D eigenvalue weighted by atomic mass is 10.0. The third-order valence-electron chi connectivity index (χ3n) is 5.55.